The van der Waals surface area contributed by atoms with Crippen LogP contribution >= 0.6 is 11.6 Å². The van der Waals surface area contributed by atoms with Crippen LogP contribution in [0.2, 0.25) is 0 Å². The molecule has 17 heavy (non-hydrogen) atoms. The van der Waals surface area contributed by atoms with Crippen molar-refractivity contribution in [2.75, 3.05) is 5.88 Å². The van der Waals surface area contributed by atoms with E-state index in [9.17, 15) is 4.79 Å². The summed E-state index contributed by atoms with van der Waals surface area (Å²) >= 11 is 5.56. The highest BCUT2D eigenvalue weighted by molar-refractivity contribution is 6.17. The molecule has 0 saturated heterocycles. The third-order valence-corrected chi connectivity index (χ3v) is 3.18. The first-order valence-corrected chi connectivity index (χ1v) is 6.41. The molecule has 0 unspecified atom stereocenters. The number of carbonyl (C=O) groups is 1. The second kappa shape index (κ2) is 6.64. The molecule has 1 N–H and O–H groups in total. The van der Waals surface area contributed by atoms with Gasteiger partial charge in [-0.1, -0.05) is 0 Å². The zero-order valence-corrected chi connectivity index (χ0v) is 11.5. The summed E-state index contributed by atoms with van der Waals surface area (Å²) < 4.78 is 1.84. The van der Waals surface area contributed by atoms with E-state index in [2.05, 4.69) is 10.4 Å². The highest BCUT2D eigenvalue weighted by atomic mass is 35.5. The standard InChI is InChI=1S/C12H20ClN3O/c1-9-11(10(2)16(3)15-9)8-14-12(17)6-4-5-7-13/h4-8H2,1-3H3,(H,14,17). The Bertz CT molecular complexity index is 387. The molecule has 0 fully saturated rings. The second-order valence-electron chi connectivity index (χ2n) is 4.20. The summed E-state index contributed by atoms with van der Waals surface area (Å²) in [6.45, 7) is 4.53. The largest absolute Gasteiger partial charge is 0.352 e. The summed E-state index contributed by atoms with van der Waals surface area (Å²) in [5, 5.41) is 7.23. The molecule has 0 aliphatic rings. The number of carbonyl (C=O) groups excluding carboxylic acids is 1. The molecule has 5 heteroatoms. The van der Waals surface area contributed by atoms with Gasteiger partial charge in [0.05, 0.1) is 5.69 Å². The Balaban J connectivity index is 2.42. The topological polar surface area (TPSA) is 46.9 Å². The van der Waals surface area contributed by atoms with Crippen molar-refractivity contribution in [1.82, 2.24) is 15.1 Å². The van der Waals surface area contributed by atoms with E-state index in [1.807, 2.05) is 25.6 Å². The Morgan fingerprint density at radius 3 is 2.65 bits per heavy atom. The van der Waals surface area contributed by atoms with E-state index in [0.717, 1.165) is 29.8 Å². The van der Waals surface area contributed by atoms with Gasteiger partial charge in [-0.3, -0.25) is 9.48 Å². The Hall–Kier alpha value is -1.03. The molecule has 0 aliphatic carbocycles. The van der Waals surface area contributed by atoms with E-state index in [-0.39, 0.29) is 5.91 Å². The van der Waals surface area contributed by atoms with E-state index in [0.29, 0.717) is 18.8 Å². The molecule has 1 aromatic heterocycles. The van der Waals surface area contributed by atoms with Gasteiger partial charge in [-0.15, -0.1) is 11.6 Å². The first-order valence-electron chi connectivity index (χ1n) is 5.88. The lowest BCUT2D eigenvalue weighted by Gasteiger charge is -2.05. The second-order valence-corrected chi connectivity index (χ2v) is 4.57. The minimum Gasteiger partial charge on any atom is -0.352 e. The average molecular weight is 258 g/mol. The van der Waals surface area contributed by atoms with Crippen LogP contribution in [0.15, 0.2) is 0 Å². The maximum absolute atomic E-state index is 11.5. The van der Waals surface area contributed by atoms with E-state index >= 15 is 0 Å². The number of amides is 1. The van der Waals surface area contributed by atoms with Gasteiger partial charge in [0.2, 0.25) is 5.91 Å². The van der Waals surface area contributed by atoms with Gasteiger partial charge < -0.3 is 5.32 Å². The molecule has 0 atom stereocenters. The van der Waals surface area contributed by atoms with Gasteiger partial charge in [-0.2, -0.15) is 5.10 Å². The Kier molecular flexibility index (Phi) is 5.48. The van der Waals surface area contributed by atoms with Gasteiger partial charge in [0, 0.05) is 37.2 Å². The summed E-state index contributed by atoms with van der Waals surface area (Å²) in [6, 6.07) is 0. The Labute approximate surface area is 107 Å². The first kappa shape index (κ1) is 14.0. The van der Waals surface area contributed by atoms with E-state index in [4.69, 9.17) is 11.6 Å². The predicted octanol–water partition coefficient (Wildman–Crippen LogP) is 2.06. The van der Waals surface area contributed by atoms with Crippen LogP contribution in [-0.4, -0.2) is 21.6 Å². The smallest absolute Gasteiger partial charge is 0.220 e. The molecule has 0 aliphatic heterocycles. The third-order valence-electron chi connectivity index (χ3n) is 2.91. The zero-order chi connectivity index (χ0) is 12.8. The number of halogens is 1. The zero-order valence-electron chi connectivity index (χ0n) is 10.7. The van der Waals surface area contributed by atoms with Crippen LogP contribution in [0.3, 0.4) is 0 Å². The summed E-state index contributed by atoms with van der Waals surface area (Å²) in [4.78, 5) is 11.5. The highest BCUT2D eigenvalue weighted by Crippen LogP contribution is 2.11. The summed E-state index contributed by atoms with van der Waals surface area (Å²) in [7, 11) is 1.91. The normalized spacial score (nSPS) is 10.6. The van der Waals surface area contributed by atoms with Gasteiger partial charge in [0.1, 0.15) is 0 Å². The fourth-order valence-corrected chi connectivity index (χ4v) is 1.92. The molecule has 0 aromatic carbocycles. The molecule has 1 rings (SSSR count). The maximum Gasteiger partial charge on any atom is 0.220 e. The van der Waals surface area contributed by atoms with E-state index in [1.54, 1.807) is 0 Å². The van der Waals surface area contributed by atoms with Crippen molar-refractivity contribution in [3.63, 3.8) is 0 Å². The molecule has 0 spiro atoms. The van der Waals surface area contributed by atoms with Crippen molar-refractivity contribution < 1.29 is 4.79 Å². The molecule has 0 radical (unpaired) electrons. The highest BCUT2D eigenvalue weighted by Gasteiger charge is 2.10. The van der Waals surface area contributed by atoms with Gasteiger partial charge in [-0.25, -0.2) is 0 Å². The molecule has 1 aromatic rings. The number of aromatic nitrogens is 2. The third kappa shape index (κ3) is 4.04. The number of aryl methyl sites for hydroxylation is 2. The monoisotopic (exact) mass is 257 g/mol. The lowest BCUT2D eigenvalue weighted by molar-refractivity contribution is -0.121. The lowest BCUT2D eigenvalue weighted by atomic mass is 10.2. The van der Waals surface area contributed by atoms with Crippen LogP contribution in [0.25, 0.3) is 0 Å². The van der Waals surface area contributed by atoms with E-state index < -0.39 is 0 Å². The van der Waals surface area contributed by atoms with Crippen LogP contribution < -0.4 is 5.32 Å². The van der Waals surface area contributed by atoms with Crippen LogP contribution in [0.1, 0.15) is 36.2 Å². The summed E-state index contributed by atoms with van der Waals surface area (Å²) in [5.41, 5.74) is 3.19. The molecule has 0 bridgehead atoms. The molecular formula is C12H20ClN3O. The average Bonchev–Trinajstić information content (AvgIpc) is 2.51. The fourth-order valence-electron chi connectivity index (χ4n) is 1.73. The van der Waals surface area contributed by atoms with Gasteiger partial charge in [0.15, 0.2) is 0 Å². The fraction of sp³-hybridized carbons (Fsp3) is 0.667. The number of nitrogens with one attached hydrogen (secondary N) is 1. The molecule has 1 amide bonds. The van der Waals surface area contributed by atoms with Crippen molar-refractivity contribution in [2.45, 2.75) is 39.7 Å². The van der Waals surface area contributed by atoms with Crippen LogP contribution in [0.4, 0.5) is 0 Å². The van der Waals surface area contributed by atoms with Crippen molar-refractivity contribution >= 4 is 17.5 Å². The molecule has 1 heterocycles. The van der Waals surface area contributed by atoms with Gasteiger partial charge in [-0.05, 0) is 26.7 Å². The lowest BCUT2D eigenvalue weighted by Crippen LogP contribution is -2.23. The predicted molar refractivity (Wildman–Crippen MR) is 69.1 cm³/mol. The minimum atomic E-state index is 0.0813. The molecule has 0 saturated carbocycles. The van der Waals surface area contributed by atoms with Crippen molar-refractivity contribution in [1.29, 1.82) is 0 Å². The number of unbranched alkanes of at least 4 members (excludes halogenated alkanes) is 1. The van der Waals surface area contributed by atoms with Crippen LogP contribution in [0, 0.1) is 13.8 Å². The Morgan fingerprint density at radius 1 is 1.41 bits per heavy atom. The van der Waals surface area contributed by atoms with Gasteiger partial charge >= 0.3 is 0 Å². The number of hydrogen-bond donors (Lipinski definition) is 1. The molecule has 96 valence electrons. The summed E-state index contributed by atoms with van der Waals surface area (Å²) in [5.74, 6) is 0.700. The van der Waals surface area contributed by atoms with Crippen molar-refractivity contribution in [3.8, 4) is 0 Å². The number of nitrogens with zero attached hydrogens (tertiary/aromatic N) is 2. The van der Waals surface area contributed by atoms with Crippen molar-refractivity contribution in [2.24, 2.45) is 7.05 Å². The maximum atomic E-state index is 11.5. The molecular weight excluding hydrogens is 238 g/mol. The Morgan fingerprint density at radius 2 is 2.12 bits per heavy atom. The minimum absolute atomic E-state index is 0.0813. The van der Waals surface area contributed by atoms with Crippen molar-refractivity contribution in [3.05, 3.63) is 17.0 Å². The first-order chi connectivity index (χ1) is 8.06. The summed E-state index contributed by atoms with van der Waals surface area (Å²) in [6.07, 6.45) is 2.28. The number of alkyl halides is 1. The van der Waals surface area contributed by atoms with Gasteiger partial charge in [0.25, 0.3) is 0 Å². The van der Waals surface area contributed by atoms with E-state index in [1.165, 1.54) is 0 Å². The number of hydrogen-bond acceptors (Lipinski definition) is 2. The van der Waals surface area contributed by atoms with Crippen LogP contribution in [0.5, 0.6) is 0 Å². The number of rotatable bonds is 6. The SMILES string of the molecule is Cc1nn(C)c(C)c1CNC(=O)CCCCCl. The van der Waals surface area contributed by atoms with Crippen LogP contribution in [-0.2, 0) is 18.4 Å². The molecule has 4 nitrogen and oxygen atoms in total. The quantitative estimate of drug-likeness (QED) is 0.626.